The van der Waals surface area contributed by atoms with E-state index in [-0.39, 0.29) is 5.54 Å². The van der Waals surface area contributed by atoms with E-state index in [1.54, 1.807) is 0 Å². The summed E-state index contributed by atoms with van der Waals surface area (Å²) in [6, 6.07) is 8.76. The molecule has 1 N–H and O–H groups in total. The second kappa shape index (κ2) is 7.55. The van der Waals surface area contributed by atoms with E-state index in [9.17, 15) is 0 Å². The van der Waals surface area contributed by atoms with Crippen molar-refractivity contribution in [1.29, 1.82) is 0 Å². The zero-order valence-corrected chi connectivity index (χ0v) is 12.3. The van der Waals surface area contributed by atoms with Gasteiger partial charge >= 0.3 is 0 Å². The van der Waals surface area contributed by atoms with Crippen LogP contribution in [0.3, 0.4) is 0 Å². The summed E-state index contributed by atoms with van der Waals surface area (Å²) < 4.78 is 5.64. The molecule has 0 aliphatic carbocycles. The average Bonchev–Trinajstić information content (AvgIpc) is 2.32. The molecule has 102 valence electrons. The van der Waals surface area contributed by atoms with Crippen molar-refractivity contribution < 1.29 is 4.74 Å². The van der Waals surface area contributed by atoms with E-state index in [2.05, 4.69) is 57.3 Å². The van der Waals surface area contributed by atoms with Crippen LogP contribution in [0.4, 0.5) is 0 Å². The second-order valence-corrected chi connectivity index (χ2v) is 5.71. The van der Waals surface area contributed by atoms with Crippen molar-refractivity contribution in [2.75, 3.05) is 19.8 Å². The van der Waals surface area contributed by atoms with Crippen LogP contribution in [0.2, 0.25) is 0 Å². The maximum absolute atomic E-state index is 5.64. The van der Waals surface area contributed by atoms with Gasteiger partial charge in [-0.3, -0.25) is 0 Å². The van der Waals surface area contributed by atoms with Crippen LogP contribution in [0.1, 0.15) is 38.8 Å². The highest BCUT2D eigenvalue weighted by Gasteiger charge is 2.06. The molecule has 1 aromatic rings. The van der Waals surface area contributed by atoms with Crippen molar-refractivity contribution in [3.63, 3.8) is 0 Å². The third kappa shape index (κ3) is 6.77. The summed E-state index contributed by atoms with van der Waals surface area (Å²) in [6.45, 7) is 11.2. The van der Waals surface area contributed by atoms with Crippen LogP contribution >= 0.6 is 0 Å². The minimum absolute atomic E-state index is 0.179. The summed E-state index contributed by atoms with van der Waals surface area (Å²) >= 11 is 0. The van der Waals surface area contributed by atoms with Crippen LogP contribution in [0.15, 0.2) is 24.3 Å². The Kier molecular flexibility index (Phi) is 6.37. The minimum Gasteiger partial charge on any atom is -0.380 e. The lowest BCUT2D eigenvalue weighted by Gasteiger charge is -2.20. The van der Waals surface area contributed by atoms with Gasteiger partial charge in [-0.1, -0.05) is 31.2 Å². The van der Waals surface area contributed by atoms with Crippen LogP contribution in [0, 0.1) is 0 Å². The van der Waals surface area contributed by atoms with Crippen molar-refractivity contribution >= 4 is 0 Å². The van der Waals surface area contributed by atoms with Crippen LogP contribution < -0.4 is 5.32 Å². The van der Waals surface area contributed by atoms with E-state index in [0.717, 1.165) is 32.6 Å². The first kappa shape index (κ1) is 15.2. The van der Waals surface area contributed by atoms with Gasteiger partial charge in [0, 0.05) is 12.1 Å². The van der Waals surface area contributed by atoms with E-state index in [1.807, 2.05) is 0 Å². The molecular formula is C16H27NO. The molecule has 1 aromatic carbocycles. The summed E-state index contributed by atoms with van der Waals surface area (Å²) in [7, 11) is 0. The van der Waals surface area contributed by atoms with Gasteiger partial charge in [-0.25, -0.2) is 0 Å². The fourth-order valence-corrected chi connectivity index (χ4v) is 1.80. The van der Waals surface area contributed by atoms with Crippen molar-refractivity contribution in [3.05, 3.63) is 35.4 Å². The monoisotopic (exact) mass is 249 g/mol. The van der Waals surface area contributed by atoms with Gasteiger partial charge in [0.25, 0.3) is 0 Å². The lowest BCUT2D eigenvalue weighted by Crippen LogP contribution is -2.38. The molecule has 0 bridgehead atoms. The second-order valence-electron chi connectivity index (χ2n) is 5.71. The van der Waals surface area contributed by atoms with Crippen LogP contribution in [0.5, 0.6) is 0 Å². The van der Waals surface area contributed by atoms with Crippen LogP contribution in [-0.4, -0.2) is 25.3 Å². The van der Waals surface area contributed by atoms with Gasteiger partial charge in [0.1, 0.15) is 0 Å². The maximum atomic E-state index is 5.64. The standard InChI is InChI=1S/C16H27NO/c1-5-14-7-6-8-15(13-14)9-11-18-12-10-17-16(2,3)4/h6-8,13,17H,5,9-12H2,1-4H3. The molecule has 0 unspecified atom stereocenters. The molecule has 0 saturated heterocycles. The zero-order valence-electron chi connectivity index (χ0n) is 12.3. The van der Waals surface area contributed by atoms with E-state index in [4.69, 9.17) is 4.74 Å². The first-order valence-corrected chi connectivity index (χ1v) is 6.92. The van der Waals surface area contributed by atoms with Crippen molar-refractivity contribution in [3.8, 4) is 0 Å². The highest BCUT2D eigenvalue weighted by molar-refractivity contribution is 5.23. The van der Waals surface area contributed by atoms with Crippen molar-refractivity contribution in [2.45, 2.75) is 46.1 Å². The molecule has 0 spiro atoms. The maximum Gasteiger partial charge on any atom is 0.0591 e. The van der Waals surface area contributed by atoms with Gasteiger partial charge < -0.3 is 10.1 Å². The Morgan fingerprint density at radius 2 is 1.83 bits per heavy atom. The van der Waals surface area contributed by atoms with Gasteiger partial charge in [-0.2, -0.15) is 0 Å². The van der Waals surface area contributed by atoms with Crippen LogP contribution in [0.25, 0.3) is 0 Å². The predicted molar refractivity (Wildman–Crippen MR) is 78.1 cm³/mol. The molecule has 0 heterocycles. The molecule has 0 saturated carbocycles. The molecule has 18 heavy (non-hydrogen) atoms. The normalized spacial score (nSPS) is 11.8. The third-order valence-electron chi connectivity index (χ3n) is 2.84. The van der Waals surface area contributed by atoms with E-state index in [1.165, 1.54) is 11.1 Å². The Morgan fingerprint density at radius 3 is 2.50 bits per heavy atom. The average molecular weight is 249 g/mol. The summed E-state index contributed by atoms with van der Waals surface area (Å²) in [4.78, 5) is 0. The number of hydrogen-bond acceptors (Lipinski definition) is 2. The Morgan fingerprint density at radius 1 is 1.11 bits per heavy atom. The molecule has 0 aliphatic rings. The fraction of sp³-hybridized carbons (Fsp3) is 0.625. The van der Waals surface area contributed by atoms with E-state index in [0.29, 0.717) is 0 Å². The number of aryl methyl sites for hydroxylation is 1. The zero-order chi connectivity index (χ0) is 13.4. The topological polar surface area (TPSA) is 21.3 Å². The molecule has 0 amide bonds. The number of benzene rings is 1. The Hall–Kier alpha value is -0.860. The number of rotatable bonds is 7. The van der Waals surface area contributed by atoms with Gasteiger partial charge in [-0.05, 0) is 44.7 Å². The number of hydrogen-bond donors (Lipinski definition) is 1. The van der Waals surface area contributed by atoms with Gasteiger partial charge in [0.15, 0.2) is 0 Å². The molecule has 2 nitrogen and oxygen atoms in total. The first-order chi connectivity index (χ1) is 8.51. The lowest BCUT2D eigenvalue weighted by atomic mass is 10.1. The summed E-state index contributed by atoms with van der Waals surface area (Å²) in [5, 5.41) is 3.41. The third-order valence-corrected chi connectivity index (χ3v) is 2.84. The first-order valence-electron chi connectivity index (χ1n) is 6.92. The van der Waals surface area contributed by atoms with E-state index >= 15 is 0 Å². The summed E-state index contributed by atoms with van der Waals surface area (Å²) in [5.41, 5.74) is 2.96. The van der Waals surface area contributed by atoms with Crippen molar-refractivity contribution in [1.82, 2.24) is 5.32 Å². The summed E-state index contributed by atoms with van der Waals surface area (Å²) in [6.07, 6.45) is 2.10. The number of ether oxygens (including phenoxy) is 1. The molecule has 0 atom stereocenters. The Bertz CT molecular complexity index is 341. The molecule has 0 aliphatic heterocycles. The van der Waals surface area contributed by atoms with Crippen molar-refractivity contribution in [2.24, 2.45) is 0 Å². The smallest absolute Gasteiger partial charge is 0.0591 e. The minimum atomic E-state index is 0.179. The Labute approximate surface area is 112 Å². The van der Waals surface area contributed by atoms with Gasteiger partial charge in [-0.15, -0.1) is 0 Å². The molecule has 2 heteroatoms. The molecule has 0 fully saturated rings. The molecule has 1 rings (SSSR count). The fourth-order valence-electron chi connectivity index (χ4n) is 1.80. The molecule has 0 aromatic heterocycles. The van der Waals surface area contributed by atoms with Gasteiger partial charge in [0.05, 0.1) is 13.2 Å². The Balaban J connectivity index is 2.14. The highest BCUT2D eigenvalue weighted by atomic mass is 16.5. The SMILES string of the molecule is CCc1cccc(CCOCCNC(C)(C)C)c1. The molecule has 0 radical (unpaired) electrons. The van der Waals surface area contributed by atoms with Gasteiger partial charge in [0.2, 0.25) is 0 Å². The number of nitrogens with one attached hydrogen (secondary N) is 1. The highest BCUT2D eigenvalue weighted by Crippen LogP contribution is 2.06. The van der Waals surface area contributed by atoms with E-state index < -0.39 is 0 Å². The predicted octanol–water partition coefficient (Wildman–Crippen LogP) is 3.20. The summed E-state index contributed by atoms with van der Waals surface area (Å²) in [5.74, 6) is 0. The van der Waals surface area contributed by atoms with Crippen LogP contribution in [-0.2, 0) is 17.6 Å². The molecular weight excluding hydrogens is 222 g/mol. The lowest BCUT2D eigenvalue weighted by molar-refractivity contribution is 0.133. The quantitative estimate of drug-likeness (QED) is 0.749. The largest absolute Gasteiger partial charge is 0.380 e.